The summed E-state index contributed by atoms with van der Waals surface area (Å²) in [6.07, 6.45) is 2.41. The standard InChI is InChI=1S/C15H26N2/c1-14(17(4)13-12-16(2)3)10-11-15-8-6-5-7-9-15/h5-9,14H,10-13H2,1-4H3. The first-order valence-electron chi connectivity index (χ1n) is 6.48. The molecule has 0 N–H and O–H groups in total. The maximum Gasteiger partial charge on any atom is 0.0109 e. The molecule has 1 aromatic rings. The van der Waals surface area contributed by atoms with Gasteiger partial charge in [0, 0.05) is 19.1 Å². The zero-order valence-corrected chi connectivity index (χ0v) is 11.7. The third kappa shape index (κ3) is 5.85. The molecule has 0 amide bonds. The zero-order valence-electron chi connectivity index (χ0n) is 11.7. The quantitative estimate of drug-likeness (QED) is 0.715. The van der Waals surface area contributed by atoms with Crippen LogP contribution in [0.5, 0.6) is 0 Å². The lowest BCUT2D eigenvalue weighted by atomic mass is 10.1. The van der Waals surface area contributed by atoms with E-state index in [1.54, 1.807) is 0 Å². The van der Waals surface area contributed by atoms with Crippen LogP contribution >= 0.6 is 0 Å². The fraction of sp³-hybridized carbons (Fsp3) is 0.600. The van der Waals surface area contributed by atoms with E-state index in [9.17, 15) is 0 Å². The molecule has 0 aliphatic carbocycles. The van der Waals surface area contributed by atoms with E-state index < -0.39 is 0 Å². The molecule has 0 aromatic heterocycles. The summed E-state index contributed by atoms with van der Waals surface area (Å²) in [6.45, 7) is 4.59. The third-order valence-electron chi connectivity index (χ3n) is 3.35. The van der Waals surface area contributed by atoms with E-state index in [1.165, 1.54) is 18.4 Å². The van der Waals surface area contributed by atoms with Crippen molar-refractivity contribution in [3.63, 3.8) is 0 Å². The van der Waals surface area contributed by atoms with Crippen LogP contribution < -0.4 is 0 Å². The molecule has 0 saturated heterocycles. The van der Waals surface area contributed by atoms with Gasteiger partial charge >= 0.3 is 0 Å². The number of likely N-dealkylation sites (N-methyl/N-ethyl adjacent to an activating group) is 2. The van der Waals surface area contributed by atoms with E-state index in [0.717, 1.165) is 13.1 Å². The van der Waals surface area contributed by atoms with Crippen molar-refractivity contribution in [2.24, 2.45) is 0 Å². The van der Waals surface area contributed by atoms with E-state index >= 15 is 0 Å². The second kappa shape index (κ2) is 7.46. The molecular formula is C15H26N2. The lowest BCUT2D eigenvalue weighted by Crippen LogP contribution is -2.35. The first-order chi connectivity index (χ1) is 8.09. The maximum atomic E-state index is 2.45. The van der Waals surface area contributed by atoms with E-state index in [0.29, 0.717) is 6.04 Å². The molecule has 0 radical (unpaired) electrons. The van der Waals surface area contributed by atoms with Gasteiger partial charge in [-0.05, 0) is 46.5 Å². The van der Waals surface area contributed by atoms with Crippen LogP contribution in [0.2, 0.25) is 0 Å². The lowest BCUT2D eigenvalue weighted by Gasteiger charge is -2.26. The molecule has 1 rings (SSSR count). The Hall–Kier alpha value is -0.860. The first kappa shape index (κ1) is 14.2. The first-order valence-corrected chi connectivity index (χ1v) is 6.48. The minimum atomic E-state index is 0.648. The van der Waals surface area contributed by atoms with Gasteiger partial charge in [-0.3, -0.25) is 0 Å². The summed E-state index contributed by atoms with van der Waals surface area (Å²) < 4.78 is 0. The topological polar surface area (TPSA) is 6.48 Å². The van der Waals surface area contributed by atoms with E-state index in [2.05, 4.69) is 68.2 Å². The number of rotatable bonds is 7. The smallest absolute Gasteiger partial charge is 0.0109 e. The van der Waals surface area contributed by atoms with Gasteiger partial charge in [0.15, 0.2) is 0 Å². The number of hydrogen-bond acceptors (Lipinski definition) is 2. The molecule has 0 bridgehead atoms. The van der Waals surface area contributed by atoms with Gasteiger partial charge in [0.1, 0.15) is 0 Å². The zero-order chi connectivity index (χ0) is 12.7. The van der Waals surface area contributed by atoms with Crippen LogP contribution in [0.4, 0.5) is 0 Å². The Kier molecular flexibility index (Phi) is 6.23. The Bertz CT molecular complexity index is 295. The van der Waals surface area contributed by atoms with E-state index in [-0.39, 0.29) is 0 Å². The highest BCUT2D eigenvalue weighted by Gasteiger charge is 2.08. The highest BCUT2D eigenvalue weighted by atomic mass is 15.2. The number of hydrogen-bond donors (Lipinski definition) is 0. The van der Waals surface area contributed by atoms with Gasteiger partial charge in [-0.25, -0.2) is 0 Å². The Morgan fingerprint density at radius 2 is 1.65 bits per heavy atom. The molecule has 0 fully saturated rings. The average molecular weight is 234 g/mol. The van der Waals surface area contributed by atoms with Crippen molar-refractivity contribution in [3.05, 3.63) is 35.9 Å². The molecule has 2 heteroatoms. The van der Waals surface area contributed by atoms with Gasteiger partial charge in [-0.15, -0.1) is 0 Å². The highest BCUT2D eigenvalue weighted by molar-refractivity contribution is 5.14. The second-order valence-electron chi connectivity index (χ2n) is 5.16. The molecule has 1 unspecified atom stereocenters. The average Bonchev–Trinajstić information content (AvgIpc) is 2.34. The summed E-state index contributed by atoms with van der Waals surface area (Å²) in [7, 11) is 6.48. The monoisotopic (exact) mass is 234 g/mol. The predicted octanol–water partition coefficient (Wildman–Crippen LogP) is 2.50. The van der Waals surface area contributed by atoms with Gasteiger partial charge < -0.3 is 9.80 Å². The summed E-state index contributed by atoms with van der Waals surface area (Å²) >= 11 is 0. The molecule has 0 spiro atoms. The summed E-state index contributed by atoms with van der Waals surface area (Å²) in [5.74, 6) is 0. The van der Waals surface area contributed by atoms with Crippen LogP contribution in [0.3, 0.4) is 0 Å². The number of benzene rings is 1. The van der Waals surface area contributed by atoms with Crippen LogP contribution in [-0.2, 0) is 6.42 Å². The molecule has 1 atom stereocenters. The fourth-order valence-electron chi connectivity index (χ4n) is 1.82. The number of aryl methyl sites for hydroxylation is 1. The van der Waals surface area contributed by atoms with Gasteiger partial charge in [0.05, 0.1) is 0 Å². The van der Waals surface area contributed by atoms with Gasteiger partial charge in [-0.2, -0.15) is 0 Å². The molecule has 0 aliphatic rings. The summed E-state index contributed by atoms with van der Waals surface area (Å²) in [6, 6.07) is 11.4. The van der Waals surface area contributed by atoms with Gasteiger partial charge in [-0.1, -0.05) is 30.3 Å². The van der Waals surface area contributed by atoms with Crippen molar-refractivity contribution in [2.75, 3.05) is 34.2 Å². The lowest BCUT2D eigenvalue weighted by molar-refractivity contribution is 0.220. The molecular weight excluding hydrogens is 208 g/mol. The van der Waals surface area contributed by atoms with Crippen molar-refractivity contribution in [1.82, 2.24) is 9.80 Å². The Morgan fingerprint density at radius 1 is 1.00 bits per heavy atom. The summed E-state index contributed by atoms with van der Waals surface area (Å²) in [5, 5.41) is 0. The molecule has 0 heterocycles. The van der Waals surface area contributed by atoms with Crippen molar-refractivity contribution in [3.8, 4) is 0 Å². The summed E-state index contributed by atoms with van der Waals surface area (Å²) in [5.41, 5.74) is 1.44. The number of nitrogens with zero attached hydrogens (tertiary/aromatic N) is 2. The second-order valence-corrected chi connectivity index (χ2v) is 5.16. The molecule has 2 nitrogen and oxygen atoms in total. The van der Waals surface area contributed by atoms with Crippen molar-refractivity contribution in [2.45, 2.75) is 25.8 Å². The van der Waals surface area contributed by atoms with Crippen molar-refractivity contribution < 1.29 is 0 Å². The Morgan fingerprint density at radius 3 is 2.24 bits per heavy atom. The Balaban J connectivity index is 2.26. The highest BCUT2D eigenvalue weighted by Crippen LogP contribution is 2.08. The van der Waals surface area contributed by atoms with Crippen LogP contribution in [0.25, 0.3) is 0 Å². The largest absolute Gasteiger partial charge is 0.308 e. The van der Waals surface area contributed by atoms with Crippen LogP contribution in [0.1, 0.15) is 18.9 Å². The predicted molar refractivity (Wildman–Crippen MR) is 75.4 cm³/mol. The molecule has 0 saturated carbocycles. The van der Waals surface area contributed by atoms with Crippen LogP contribution in [-0.4, -0.2) is 50.1 Å². The molecule has 17 heavy (non-hydrogen) atoms. The Labute approximate surface area is 106 Å². The van der Waals surface area contributed by atoms with Crippen molar-refractivity contribution >= 4 is 0 Å². The fourth-order valence-corrected chi connectivity index (χ4v) is 1.82. The minimum Gasteiger partial charge on any atom is -0.308 e. The van der Waals surface area contributed by atoms with Gasteiger partial charge in [0.25, 0.3) is 0 Å². The van der Waals surface area contributed by atoms with Crippen LogP contribution in [0.15, 0.2) is 30.3 Å². The molecule has 0 aliphatic heterocycles. The third-order valence-corrected chi connectivity index (χ3v) is 3.35. The SMILES string of the molecule is CC(CCc1ccccc1)N(C)CCN(C)C. The van der Waals surface area contributed by atoms with Crippen LogP contribution in [0, 0.1) is 0 Å². The van der Waals surface area contributed by atoms with E-state index in [4.69, 9.17) is 0 Å². The molecule has 96 valence electrons. The molecule has 1 aromatic carbocycles. The minimum absolute atomic E-state index is 0.648. The maximum absolute atomic E-state index is 2.45. The van der Waals surface area contributed by atoms with E-state index in [1.807, 2.05) is 0 Å². The van der Waals surface area contributed by atoms with Gasteiger partial charge in [0.2, 0.25) is 0 Å². The summed E-state index contributed by atoms with van der Waals surface area (Å²) in [4.78, 5) is 4.68. The van der Waals surface area contributed by atoms with Crippen molar-refractivity contribution in [1.29, 1.82) is 0 Å². The normalized spacial score (nSPS) is 13.3.